The summed E-state index contributed by atoms with van der Waals surface area (Å²) in [6, 6.07) is 8.55. The summed E-state index contributed by atoms with van der Waals surface area (Å²) < 4.78 is 1.90. The van der Waals surface area contributed by atoms with Gasteiger partial charge in [-0.05, 0) is 40.0 Å². The van der Waals surface area contributed by atoms with Crippen LogP contribution in [0.2, 0.25) is 0 Å². The lowest BCUT2D eigenvalue weighted by atomic mass is 10.1. The Kier molecular flexibility index (Phi) is 5.35. The molecule has 2 aromatic rings. The van der Waals surface area contributed by atoms with Crippen molar-refractivity contribution in [2.75, 3.05) is 7.05 Å². The Morgan fingerprint density at radius 1 is 1.29 bits per heavy atom. The van der Waals surface area contributed by atoms with E-state index >= 15 is 0 Å². The zero-order valence-corrected chi connectivity index (χ0v) is 14.4. The first-order valence-corrected chi connectivity index (χ1v) is 7.72. The molecule has 0 aliphatic heterocycles. The van der Waals surface area contributed by atoms with E-state index in [4.69, 9.17) is 5.73 Å². The summed E-state index contributed by atoms with van der Waals surface area (Å²) in [4.78, 5) is 24.6. The lowest BCUT2D eigenvalue weighted by Gasteiger charge is -2.23. The molecule has 0 aliphatic rings. The zero-order chi connectivity index (χ0) is 17.9. The molecule has 0 fully saturated rings. The number of primary amides is 1. The van der Waals surface area contributed by atoms with Crippen LogP contribution in [0.3, 0.4) is 0 Å². The molecule has 1 heterocycles. The molecule has 0 unspecified atom stereocenters. The molecule has 7 nitrogen and oxygen atoms in total. The summed E-state index contributed by atoms with van der Waals surface area (Å²) in [5.41, 5.74) is 8.97. The number of nitrogens with one attached hydrogen (secondary N) is 1. The number of imide groups is 1. The van der Waals surface area contributed by atoms with Gasteiger partial charge in [0.2, 0.25) is 5.91 Å². The number of para-hydroxylation sites is 1. The van der Waals surface area contributed by atoms with E-state index in [0.29, 0.717) is 6.54 Å². The van der Waals surface area contributed by atoms with E-state index in [1.54, 1.807) is 6.92 Å². The highest BCUT2D eigenvalue weighted by Gasteiger charge is 2.22. The third kappa shape index (κ3) is 3.80. The summed E-state index contributed by atoms with van der Waals surface area (Å²) in [6.45, 7) is 6.22. The zero-order valence-electron chi connectivity index (χ0n) is 14.4. The van der Waals surface area contributed by atoms with Gasteiger partial charge in [-0.25, -0.2) is 9.48 Å². The second kappa shape index (κ2) is 7.27. The molecule has 1 atom stereocenters. The molecule has 24 heavy (non-hydrogen) atoms. The van der Waals surface area contributed by atoms with Crippen molar-refractivity contribution in [3.05, 3.63) is 47.3 Å². The minimum absolute atomic E-state index is 0.421. The highest BCUT2D eigenvalue weighted by molar-refractivity contribution is 5.96. The van der Waals surface area contributed by atoms with Gasteiger partial charge in [-0.2, -0.15) is 5.10 Å². The first-order valence-electron chi connectivity index (χ1n) is 7.72. The van der Waals surface area contributed by atoms with Gasteiger partial charge >= 0.3 is 6.03 Å². The van der Waals surface area contributed by atoms with Crippen LogP contribution < -0.4 is 11.1 Å². The highest BCUT2D eigenvalue weighted by atomic mass is 16.2. The Bertz CT molecular complexity index is 739. The van der Waals surface area contributed by atoms with Crippen molar-refractivity contribution >= 4 is 11.9 Å². The fourth-order valence-corrected chi connectivity index (χ4v) is 2.54. The number of hydrogen-bond acceptors (Lipinski definition) is 4. The third-order valence-electron chi connectivity index (χ3n) is 4.14. The lowest BCUT2D eigenvalue weighted by Crippen LogP contribution is -2.46. The maximum absolute atomic E-state index is 11.9. The Morgan fingerprint density at radius 2 is 1.92 bits per heavy atom. The maximum atomic E-state index is 11.9. The number of rotatable bonds is 5. The number of carbonyl (C=O) groups is 2. The average molecular weight is 329 g/mol. The van der Waals surface area contributed by atoms with Gasteiger partial charge in [-0.1, -0.05) is 18.2 Å². The first kappa shape index (κ1) is 17.7. The standard InChI is InChI=1S/C17H23N5O2/c1-11-15(10-21(4)13(3)16(23)19-17(18)24)12(2)22(20-11)14-8-6-5-7-9-14/h5-9,13H,10H2,1-4H3,(H3,18,19,23,24)/t13-/m0/s1. The number of carbonyl (C=O) groups excluding carboxylic acids is 2. The predicted molar refractivity (Wildman–Crippen MR) is 91.7 cm³/mol. The summed E-state index contributed by atoms with van der Waals surface area (Å²) in [7, 11) is 1.82. The molecule has 0 bridgehead atoms. The molecule has 1 aromatic carbocycles. The van der Waals surface area contributed by atoms with Gasteiger partial charge < -0.3 is 5.73 Å². The van der Waals surface area contributed by atoms with Gasteiger partial charge in [0.1, 0.15) is 0 Å². The summed E-state index contributed by atoms with van der Waals surface area (Å²) >= 11 is 0. The maximum Gasteiger partial charge on any atom is 0.318 e. The minimum atomic E-state index is -0.843. The Hall–Kier alpha value is -2.67. The third-order valence-corrected chi connectivity index (χ3v) is 4.14. The number of hydrogen-bond donors (Lipinski definition) is 2. The molecule has 1 aromatic heterocycles. The van der Waals surface area contributed by atoms with E-state index in [1.165, 1.54) is 0 Å². The second-order valence-electron chi connectivity index (χ2n) is 5.84. The average Bonchev–Trinajstić information content (AvgIpc) is 2.82. The number of likely N-dealkylation sites (N-methyl/N-ethyl adjacent to an activating group) is 1. The van der Waals surface area contributed by atoms with Crippen LogP contribution in [0.4, 0.5) is 4.79 Å². The number of aryl methyl sites for hydroxylation is 1. The number of amides is 3. The smallest absolute Gasteiger partial charge is 0.318 e. The van der Waals surface area contributed by atoms with Crippen LogP contribution in [-0.4, -0.2) is 39.7 Å². The number of urea groups is 1. The molecule has 0 spiro atoms. The Labute approximate surface area is 141 Å². The van der Waals surface area contributed by atoms with E-state index in [9.17, 15) is 9.59 Å². The van der Waals surface area contributed by atoms with E-state index < -0.39 is 18.0 Å². The summed E-state index contributed by atoms with van der Waals surface area (Å²) in [5.74, 6) is -0.421. The molecular weight excluding hydrogens is 306 g/mol. The van der Waals surface area contributed by atoms with Gasteiger partial charge in [0, 0.05) is 17.8 Å². The van der Waals surface area contributed by atoms with Crippen molar-refractivity contribution in [1.82, 2.24) is 20.0 Å². The molecule has 3 N–H and O–H groups in total. The van der Waals surface area contributed by atoms with Gasteiger partial charge in [0.15, 0.2) is 0 Å². The number of nitrogens with zero attached hydrogens (tertiary/aromatic N) is 3. The highest BCUT2D eigenvalue weighted by Crippen LogP contribution is 2.19. The molecule has 0 radical (unpaired) electrons. The fraction of sp³-hybridized carbons (Fsp3) is 0.353. The van der Waals surface area contributed by atoms with E-state index in [2.05, 4.69) is 10.4 Å². The molecule has 0 saturated heterocycles. The summed E-state index contributed by atoms with van der Waals surface area (Å²) in [5, 5.41) is 6.71. The topological polar surface area (TPSA) is 93.2 Å². The van der Waals surface area contributed by atoms with Crippen molar-refractivity contribution in [2.45, 2.75) is 33.4 Å². The summed E-state index contributed by atoms with van der Waals surface area (Å²) in [6.07, 6.45) is 0. The van der Waals surface area contributed by atoms with Crippen molar-refractivity contribution in [3.8, 4) is 5.69 Å². The van der Waals surface area contributed by atoms with Gasteiger partial charge in [0.05, 0.1) is 17.4 Å². The molecule has 128 valence electrons. The van der Waals surface area contributed by atoms with Gasteiger partial charge in [-0.3, -0.25) is 15.0 Å². The minimum Gasteiger partial charge on any atom is -0.351 e. The van der Waals surface area contributed by atoms with Gasteiger partial charge in [0.25, 0.3) is 0 Å². The fourth-order valence-electron chi connectivity index (χ4n) is 2.54. The number of aromatic nitrogens is 2. The molecular formula is C17H23N5O2. The largest absolute Gasteiger partial charge is 0.351 e. The van der Waals surface area contributed by atoms with E-state index in [-0.39, 0.29) is 0 Å². The van der Waals surface area contributed by atoms with Crippen LogP contribution in [0.15, 0.2) is 30.3 Å². The Balaban J connectivity index is 2.20. The van der Waals surface area contributed by atoms with Crippen molar-refractivity contribution in [3.63, 3.8) is 0 Å². The van der Waals surface area contributed by atoms with Crippen molar-refractivity contribution in [1.29, 1.82) is 0 Å². The van der Waals surface area contributed by atoms with Crippen LogP contribution in [0.5, 0.6) is 0 Å². The van der Waals surface area contributed by atoms with Crippen molar-refractivity contribution < 1.29 is 9.59 Å². The van der Waals surface area contributed by atoms with Gasteiger partial charge in [-0.15, -0.1) is 0 Å². The van der Waals surface area contributed by atoms with E-state index in [1.807, 2.05) is 60.8 Å². The van der Waals surface area contributed by atoms with Crippen LogP contribution in [0, 0.1) is 13.8 Å². The Morgan fingerprint density at radius 3 is 2.50 bits per heavy atom. The normalized spacial score (nSPS) is 12.2. The number of benzene rings is 1. The van der Waals surface area contributed by atoms with Crippen LogP contribution >= 0.6 is 0 Å². The molecule has 0 aliphatic carbocycles. The SMILES string of the molecule is Cc1nn(-c2ccccc2)c(C)c1CN(C)[C@@H](C)C(=O)NC(N)=O. The first-order chi connectivity index (χ1) is 11.3. The quantitative estimate of drug-likeness (QED) is 0.869. The monoisotopic (exact) mass is 329 g/mol. The van der Waals surface area contributed by atoms with Crippen LogP contribution in [-0.2, 0) is 11.3 Å². The molecule has 3 amide bonds. The van der Waals surface area contributed by atoms with E-state index in [0.717, 1.165) is 22.6 Å². The lowest BCUT2D eigenvalue weighted by molar-refractivity contribution is -0.124. The molecule has 7 heteroatoms. The number of nitrogens with two attached hydrogens (primary N) is 1. The predicted octanol–water partition coefficient (Wildman–Crippen LogP) is 1.50. The van der Waals surface area contributed by atoms with Crippen LogP contribution in [0.1, 0.15) is 23.9 Å². The second-order valence-corrected chi connectivity index (χ2v) is 5.84. The molecule has 2 rings (SSSR count). The van der Waals surface area contributed by atoms with Crippen molar-refractivity contribution in [2.24, 2.45) is 5.73 Å². The molecule has 0 saturated carbocycles. The van der Waals surface area contributed by atoms with Crippen LogP contribution in [0.25, 0.3) is 5.69 Å².